The Hall–Kier alpha value is -0.920. The summed E-state index contributed by atoms with van der Waals surface area (Å²) < 4.78 is 27.2. The Morgan fingerprint density at radius 3 is 2.50 bits per heavy atom. The van der Waals surface area contributed by atoms with Gasteiger partial charge in [-0.3, -0.25) is 0 Å². The largest absolute Gasteiger partial charge is 0.462 e. The predicted octanol–water partition coefficient (Wildman–Crippen LogP) is 2.91. The maximum absolute atomic E-state index is 11.7. The molecule has 1 rings (SSSR count). The predicted molar refractivity (Wildman–Crippen MR) is 79.4 cm³/mol. The van der Waals surface area contributed by atoms with E-state index in [1.165, 1.54) is 30.7 Å². The van der Waals surface area contributed by atoms with Gasteiger partial charge in [-0.25, -0.2) is 18.4 Å². The first-order valence-corrected chi connectivity index (χ1v) is 9.16. The molecule has 0 saturated heterocycles. The van der Waals surface area contributed by atoms with Gasteiger partial charge in [-0.05, 0) is 12.5 Å². The number of nitrogens with two attached hydrogens (primary N) is 1. The van der Waals surface area contributed by atoms with E-state index in [4.69, 9.17) is 9.88 Å². The van der Waals surface area contributed by atoms with E-state index in [9.17, 15) is 13.2 Å². The molecule has 0 spiro atoms. The molecule has 1 heterocycles. The molecular weight excluding hydrogens is 298 g/mol. The van der Waals surface area contributed by atoms with Crippen molar-refractivity contribution in [1.29, 1.82) is 0 Å². The van der Waals surface area contributed by atoms with E-state index in [1.807, 2.05) is 0 Å². The van der Waals surface area contributed by atoms with Gasteiger partial charge in [0.1, 0.15) is 4.21 Å². The Bertz CT molecular complexity index is 522. The molecule has 0 fully saturated rings. The quantitative estimate of drug-likeness (QED) is 0.560. The molecule has 0 aliphatic heterocycles. The molecule has 2 N–H and O–H groups in total. The number of ether oxygens (including phenoxy) is 1. The van der Waals surface area contributed by atoms with E-state index in [0.29, 0.717) is 6.61 Å². The fourth-order valence-corrected chi connectivity index (χ4v) is 3.28. The minimum atomic E-state index is -3.74. The first kappa shape index (κ1) is 17.1. The molecule has 1 aromatic heterocycles. The molecule has 0 aliphatic rings. The first-order chi connectivity index (χ1) is 9.45. The van der Waals surface area contributed by atoms with Crippen LogP contribution in [0.3, 0.4) is 0 Å². The van der Waals surface area contributed by atoms with E-state index < -0.39 is 16.0 Å². The Morgan fingerprint density at radius 1 is 1.25 bits per heavy atom. The molecule has 0 saturated carbocycles. The highest BCUT2D eigenvalue weighted by atomic mass is 32.2. The summed E-state index contributed by atoms with van der Waals surface area (Å²) in [5.74, 6) is -0.496. The van der Waals surface area contributed by atoms with Crippen LogP contribution in [0.15, 0.2) is 15.7 Å². The molecule has 0 aromatic carbocycles. The average molecular weight is 319 g/mol. The molecule has 0 amide bonds. The van der Waals surface area contributed by atoms with Gasteiger partial charge in [0.2, 0.25) is 10.0 Å². The second kappa shape index (κ2) is 8.39. The van der Waals surface area contributed by atoms with Crippen molar-refractivity contribution in [3.05, 3.63) is 17.0 Å². The van der Waals surface area contributed by atoms with Gasteiger partial charge in [-0.1, -0.05) is 39.0 Å². The zero-order valence-corrected chi connectivity index (χ0v) is 13.3. The van der Waals surface area contributed by atoms with Crippen molar-refractivity contribution in [3.8, 4) is 0 Å². The molecule has 1 aromatic rings. The van der Waals surface area contributed by atoms with Gasteiger partial charge >= 0.3 is 5.97 Å². The number of rotatable bonds is 9. The van der Waals surface area contributed by atoms with Crippen molar-refractivity contribution in [3.63, 3.8) is 0 Å². The lowest BCUT2D eigenvalue weighted by Gasteiger charge is -2.03. The monoisotopic (exact) mass is 319 g/mol. The topological polar surface area (TPSA) is 86.5 Å². The third kappa shape index (κ3) is 6.02. The number of sulfonamides is 1. The Balaban J connectivity index is 2.28. The van der Waals surface area contributed by atoms with Gasteiger partial charge in [-0.2, -0.15) is 0 Å². The summed E-state index contributed by atoms with van der Waals surface area (Å²) in [5, 5.41) is 6.43. The second-order valence-electron chi connectivity index (χ2n) is 4.60. The number of carbonyl (C=O) groups is 1. The summed E-state index contributed by atoms with van der Waals surface area (Å²) in [5.41, 5.74) is 0.241. The van der Waals surface area contributed by atoms with E-state index in [0.717, 1.165) is 30.6 Å². The number of esters is 1. The highest BCUT2D eigenvalue weighted by Gasteiger charge is 2.15. The van der Waals surface area contributed by atoms with Crippen molar-refractivity contribution >= 4 is 27.3 Å². The maximum Gasteiger partial charge on any atom is 0.339 e. The lowest BCUT2D eigenvalue weighted by molar-refractivity contribution is 0.0498. The molecular formula is C13H21NO4S2. The third-order valence-electron chi connectivity index (χ3n) is 2.82. The molecule has 114 valence electrons. The van der Waals surface area contributed by atoms with Gasteiger partial charge in [0, 0.05) is 5.38 Å². The standard InChI is InChI=1S/C13H21NO4S2/c1-2-3-4-5-6-7-8-18-13(15)11-9-12(19-10-11)20(14,16)17/h9-10H,2-8H2,1H3,(H2,14,16,17). The van der Waals surface area contributed by atoms with Crippen LogP contribution in [-0.4, -0.2) is 21.0 Å². The molecule has 20 heavy (non-hydrogen) atoms. The van der Waals surface area contributed by atoms with Crippen molar-refractivity contribution in [2.24, 2.45) is 5.14 Å². The van der Waals surface area contributed by atoms with Crippen LogP contribution in [0, 0.1) is 0 Å². The molecule has 0 bridgehead atoms. The number of hydrogen-bond donors (Lipinski definition) is 1. The van der Waals surface area contributed by atoms with Crippen molar-refractivity contribution in [2.45, 2.75) is 49.7 Å². The maximum atomic E-state index is 11.7. The zero-order valence-electron chi connectivity index (χ0n) is 11.6. The smallest absolute Gasteiger partial charge is 0.339 e. The Labute approximate surface area is 124 Å². The molecule has 0 radical (unpaired) electrons. The zero-order chi connectivity index (χ0) is 15.0. The van der Waals surface area contributed by atoms with E-state index in [-0.39, 0.29) is 9.77 Å². The van der Waals surface area contributed by atoms with E-state index >= 15 is 0 Å². The number of unbranched alkanes of at least 4 members (excludes halogenated alkanes) is 5. The van der Waals surface area contributed by atoms with Crippen LogP contribution in [0.5, 0.6) is 0 Å². The van der Waals surface area contributed by atoms with Crippen molar-refractivity contribution in [1.82, 2.24) is 0 Å². The van der Waals surface area contributed by atoms with Gasteiger partial charge < -0.3 is 4.74 Å². The summed E-state index contributed by atoms with van der Waals surface area (Å²) in [6, 6.07) is 1.25. The van der Waals surface area contributed by atoms with Crippen LogP contribution in [-0.2, 0) is 14.8 Å². The third-order valence-corrected chi connectivity index (χ3v) is 5.21. The van der Waals surface area contributed by atoms with Crippen molar-refractivity contribution in [2.75, 3.05) is 6.61 Å². The number of hydrogen-bond acceptors (Lipinski definition) is 5. The summed E-state index contributed by atoms with van der Waals surface area (Å²) in [7, 11) is -3.74. The number of primary sulfonamides is 1. The van der Waals surface area contributed by atoms with Gasteiger partial charge in [0.25, 0.3) is 0 Å². The summed E-state index contributed by atoms with van der Waals surface area (Å²) in [4.78, 5) is 11.7. The summed E-state index contributed by atoms with van der Waals surface area (Å²) in [6.07, 6.45) is 6.69. The van der Waals surface area contributed by atoms with Gasteiger partial charge in [-0.15, -0.1) is 11.3 Å². The molecule has 0 unspecified atom stereocenters. The second-order valence-corrected chi connectivity index (χ2v) is 7.30. The minimum Gasteiger partial charge on any atom is -0.462 e. The van der Waals surface area contributed by atoms with E-state index in [1.54, 1.807) is 0 Å². The molecule has 7 heteroatoms. The summed E-state index contributed by atoms with van der Waals surface area (Å²) >= 11 is 0.924. The molecule has 0 aliphatic carbocycles. The van der Waals surface area contributed by atoms with Crippen LogP contribution < -0.4 is 5.14 Å². The lowest BCUT2D eigenvalue weighted by atomic mass is 10.1. The highest BCUT2D eigenvalue weighted by Crippen LogP contribution is 2.19. The highest BCUT2D eigenvalue weighted by molar-refractivity contribution is 7.91. The Morgan fingerprint density at radius 2 is 1.90 bits per heavy atom. The molecule has 5 nitrogen and oxygen atoms in total. The lowest BCUT2D eigenvalue weighted by Crippen LogP contribution is -2.10. The summed E-state index contributed by atoms with van der Waals surface area (Å²) in [6.45, 7) is 2.53. The van der Waals surface area contributed by atoms with E-state index in [2.05, 4.69) is 6.92 Å². The number of thiophene rings is 1. The first-order valence-electron chi connectivity index (χ1n) is 6.73. The molecule has 0 atom stereocenters. The Kier molecular flexibility index (Phi) is 7.18. The fourth-order valence-electron chi connectivity index (χ4n) is 1.70. The fraction of sp³-hybridized carbons (Fsp3) is 0.615. The van der Waals surface area contributed by atoms with Crippen LogP contribution in [0.4, 0.5) is 0 Å². The van der Waals surface area contributed by atoms with Crippen LogP contribution in [0.2, 0.25) is 0 Å². The van der Waals surface area contributed by atoms with Crippen LogP contribution >= 0.6 is 11.3 Å². The van der Waals surface area contributed by atoms with Crippen LogP contribution in [0.1, 0.15) is 55.8 Å². The van der Waals surface area contributed by atoms with Gasteiger partial charge in [0.05, 0.1) is 12.2 Å². The van der Waals surface area contributed by atoms with Crippen molar-refractivity contribution < 1.29 is 17.9 Å². The van der Waals surface area contributed by atoms with Gasteiger partial charge in [0.15, 0.2) is 0 Å². The average Bonchev–Trinajstić information content (AvgIpc) is 2.87. The minimum absolute atomic E-state index is 0.0241. The van der Waals surface area contributed by atoms with Crippen LogP contribution in [0.25, 0.3) is 0 Å². The normalized spacial score (nSPS) is 11.5. The number of carbonyl (C=O) groups excluding carboxylic acids is 1. The SMILES string of the molecule is CCCCCCCCOC(=O)c1csc(S(N)(=O)=O)c1.